The minimum absolute atomic E-state index is 0.0192. The smallest absolute Gasteiger partial charge is 0.228 e. The molecule has 0 fully saturated rings. The lowest BCUT2D eigenvalue weighted by Gasteiger charge is -2.12. The Kier molecular flexibility index (Phi) is 9.16. The number of ketones is 1. The van der Waals surface area contributed by atoms with Crippen molar-refractivity contribution in [2.45, 2.75) is 59.9 Å². The van der Waals surface area contributed by atoms with Crippen LogP contribution in [0.4, 0.5) is 17.5 Å². The lowest BCUT2D eigenvalue weighted by atomic mass is 10.1. The molecule has 34 heavy (non-hydrogen) atoms. The number of nitrogens with zero attached hydrogens (tertiary/aromatic N) is 3. The number of aryl methyl sites for hydroxylation is 1. The predicted molar refractivity (Wildman–Crippen MR) is 138 cm³/mol. The molecule has 182 valence electrons. The van der Waals surface area contributed by atoms with Crippen molar-refractivity contribution < 1.29 is 9.59 Å². The fourth-order valence-electron chi connectivity index (χ4n) is 3.81. The summed E-state index contributed by atoms with van der Waals surface area (Å²) in [4.78, 5) is 33.6. The van der Waals surface area contributed by atoms with Crippen molar-refractivity contribution in [2.24, 2.45) is 5.92 Å². The Balaban J connectivity index is 1.87. The van der Waals surface area contributed by atoms with Gasteiger partial charge >= 0.3 is 0 Å². The number of aromatic nitrogens is 3. The fourth-order valence-corrected chi connectivity index (χ4v) is 3.81. The second kappa shape index (κ2) is 12.3. The molecule has 8 heteroatoms. The largest absolute Gasteiger partial charge is 0.326 e. The summed E-state index contributed by atoms with van der Waals surface area (Å²) >= 11 is 0. The number of hydrogen-bond donors (Lipinski definition) is 3. The third-order valence-electron chi connectivity index (χ3n) is 5.80. The molecule has 0 spiro atoms. The van der Waals surface area contributed by atoms with Crippen LogP contribution in [0.5, 0.6) is 0 Å². The zero-order chi connectivity index (χ0) is 24.5. The van der Waals surface area contributed by atoms with Crippen molar-refractivity contribution in [1.29, 1.82) is 0 Å². The number of fused-ring (bicyclic) bond motifs is 1. The first-order chi connectivity index (χ1) is 16.4. The van der Waals surface area contributed by atoms with E-state index < -0.39 is 0 Å². The average Bonchev–Trinajstić information content (AvgIpc) is 3.15. The molecule has 0 aliphatic rings. The molecule has 3 rings (SSSR count). The Morgan fingerprint density at radius 3 is 2.47 bits per heavy atom. The van der Waals surface area contributed by atoms with Gasteiger partial charge in [0, 0.05) is 23.7 Å². The quantitative estimate of drug-likeness (QED) is 0.239. The zero-order valence-corrected chi connectivity index (χ0v) is 20.6. The van der Waals surface area contributed by atoms with E-state index in [9.17, 15) is 9.59 Å². The van der Waals surface area contributed by atoms with Crippen LogP contribution in [0.2, 0.25) is 0 Å². The van der Waals surface area contributed by atoms with Gasteiger partial charge in [-0.25, -0.2) is 9.97 Å². The molecule has 0 bridgehead atoms. The number of anilines is 3. The Hall–Kier alpha value is -3.26. The maximum atomic E-state index is 12.5. The molecule has 0 saturated carbocycles. The van der Waals surface area contributed by atoms with Crippen molar-refractivity contribution in [2.75, 3.05) is 23.7 Å². The average molecular weight is 465 g/mol. The summed E-state index contributed by atoms with van der Waals surface area (Å²) in [6, 6.07) is 11.0. The molecule has 2 aromatic heterocycles. The Morgan fingerprint density at radius 2 is 1.79 bits per heavy atom. The highest BCUT2D eigenvalue weighted by Crippen LogP contribution is 2.24. The van der Waals surface area contributed by atoms with Gasteiger partial charge in [0.2, 0.25) is 11.9 Å². The van der Waals surface area contributed by atoms with E-state index in [1.807, 2.05) is 25.1 Å². The molecule has 0 saturated heterocycles. The first-order valence-electron chi connectivity index (χ1n) is 12.2. The number of nitrogens with one attached hydrogen (secondary N) is 3. The number of Topliss-reactive ketones (excluding diaryl/α,β-unsaturated/α-hetero) is 1. The normalized spacial score (nSPS) is 12.0. The highest BCUT2D eigenvalue weighted by Gasteiger charge is 2.16. The summed E-state index contributed by atoms with van der Waals surface area (Å²) in [5.41, 5.74) is 3.00. The van der Waals surface area contributed by atoms with E-state index in [0.29, 0.717) is 17.3 Å². The van der Waals surface area contributed by atoms with Gasteiger partial charge in [-0.2, -0.15) is 0 Å². The third-order valence-corrected chi connectivity index (χ3v) is 5.80. The van der Waals surface area contributed by atoms with Crippen LogP contribution in [-0.4, -0.2) is 39.3 Å². The number of pyridine rings is 1. The topological polar surface area (TPSA) is 101 Å². The number of benzene rings is 1. The lowest BCUT2D eigenvalue weighted by Crippen LogP contribution is -2.21. The Labute approximate surface area is 201 Å². The van der Waals surface area contributed by atoms with Crippen LogP contribution in [0, 0.1) is 5.92 Å². The molecule has 3 aromatic rings. The van der Waals surface area contributed by atoms with Crippen LogP contribution in [-0.2, 0) is 11.3 Å². The fraction of sp³-hybridized carbons (Fsp3) is 0.462. The molecular formula is C26H36N6O2. The number of imidazole rings is 1. The van der Waals surface area contributed by atoms with E-state index in [1.54, 1.807) is 25.1 Å². The van der Waals surface area contributed by atoms with Crippen LogP contribution >= 0.6 is 0 Å². The SMILES string of the molecule is CCCC(C)C(=O)Nc1ccc2nc(Nc3ccc(C(C)=O)cc3)n(CCCCNCC)c2n1. The first-order valence-corrected chi connectivity index (χ1v) is 12.2. The molecule has 1 amide bonds. The van der Waals surface area contributed by atoms with Gasteiger partial charge in [0.25, 0.3) is 0 Å². The molecule has 0 aliphatic carbocycles. The molecule has 1 atom stereocenters. The molecule has 1 unspecified atom stereocenters. The predicted octanol–water partition coefficient (Wildman–Crippen LogP) is 5.14. The second-order valence-electron chi connectivity index (χ2n) is 8.62. The first kappa shape index (κ1) is 25.4. The van der Waals surface area contributed by atoms with Crippen LogP contribution in [0.25, 0.3) is 11.2 Å². The van der Waals surface area contributed by atoms with Gasteiger partial charge in [0.15, 0.2) is 11.4 Å². The Bertz CT molecular complexity index is 1110. The number of carbonyl (C=O) groups is 2. The van der Waals surface area contributed by atoms with Gasteiger partial charge in [-0.3, -0.25) is 14.2 Å². The van der Waals surface area contributed by atoms with Crippen LogP contribution in [0.3, 0.4) is 0 Å². The highest BCUT2D eigenvalue weighted by atomic mass is 16.2. The van der Waals surface area contributed by atoms with E-state index in [0.717, 1.165) is 62.2 Å². The van der Waals surface area contributed by atoms with Crippen LogP contribution in [0.15, 0.2) is 36.4 Å². The number of hydrogen-bond acceptors (Lipinski definition) is 6. The maximum absolute atomic E-state index is 12.5. The number of carbonyl (C=O) groups excluding carboxylic acids is 2. The maximum Gasteiger partial charge on any atom is 0.228 e. The summed E-state index contributed by atoms with van der Waals surface area (Å²) in [6.45, 7) is 10.3. The van der Waals surface area contributed by atoms with Gasteiger partial charge < -0.3 is 16.0 Å². The molecule has 8 nitrogen and oxygen atoms in total. The molecule has 3 N–H and O–H groups in total. The van der Waals surface area contributed by atoms with E-state index in [-0.39, 0.29) is 17.6 Å². The van der Waals surface area contributed by atoms with Crippen molar-refractivity contribution >= 4 is 40.3 Å². The second-order valence-corrected chi connectivity index (χ2v) is 8.62. The Morgan fingerprint density at radius 1 is 1.03 bits per heavy atom. The zero-order valence-electron chi connectivity index (χ0n) is 20.6. The van der Waals surface area contributed by atoms with Gasteiger partial charge in [-0.1, -0.05) is 27.2 Å². The third kappa shape index (κ3) is 6.63. The van der Waals surface area contributed by atoms with Gasteiger partial charge in [0.05, 0.1) is 0 Å². The summed E-state index contributed by atoms with van der Waals surface area (Å²) in [5.74, 6) is 1.17. The van der Waals surface area contributed by atoms with Crippen molar-refractivity contribution in [3.05, 3.63) is 42.0 Å². The van der Waals surface area contributed by atoms with Gasteiger partial charge in [0.1, 0.15) is 11.3 Å². The van der Waals surface area contributed by atoms with Crippen molar-refractivity contribution in [3.63, 3.8) is 0 Å². The molecule has 0 radical (unpaired) electrons. The minimum atomic E-state index is -0.0614. The summed E-state index contributed by atoms with van der Waals surface area (Å²) in [5, 5.41) is 9.68. The van der Waals surface area contributed by atoms with Gasteiger partial charge in [-0.15, -0.1) is 0 Å². The standard InChI is InChI=1S/C26H36N6O2/c1-5-9-18(3)25(34)31-23-15-14-22-24(30-23)32(17-8-7-16-27-6-2)26(29-22)28-21-12-10-20(11-13-21)19(4)33/h10-15,18,27H,5-9,16-17H2,1-4H3,(H,28,29)(H,30,31,34). The van der Waals surface area contributed by atoms with Crippen LogP contribution < -0.4 is 16.0 Å². The number of rotatable bonds is 13. The van der Waals surface area contributed by atoms with Crippen LogP contribution in [0.1, 0.15) is 63.7 Å². The number of amides is 1. The van der Waals surface area contributed by atoms with E-state index >= 15 is 0 Å². The van der Waals surface area contributed by atoms with E-state index in [1.165, 1.54) is 0 Å². The summed E-state index contributed by atoms with van der Waals surface area (Å²) in [6.07, 6.45) is 3.80. The number of unbranched alkanes of at least 4 members (excludes halogenated alkanes) is 1. The monoisotopic (exact) mass is 464 g/mol. The van der Waals surface area contributed by atoms with Crippen molar-refractivity contribution in [3.8, 4) is 0 Å². The van der Waals surface area contributed by atoms with Crippen molar-refractivity contribution in [1.82, 2.24) is 19.9 Å². The van der Waals surface area contributed by atoms with Gasteiger partial charge in [-0.05, 0) is 75.7 Å². The summed E-state index contributed by atoms with van der Waals surface area (Å²) in [7, 11) is 0. The minimum Gasteiger partial charge on any atom is -0.326 e. The lowest BCUT2D eigenvalue weighted by molar-refractivity contribution is -0.119. The molecular weight excluding hydrogens is 428 g/mol. The summed E-state index contributed by atoms with van der Waals surface area (Å²) < 4.78 is 2.06. The van der Waals surface area contributed by atoms with E-state index in [4.69, 9.17) is 9.97 Å². The molecule has 1 aromatic carbocycles. The van der Waals surface area contributed by atoms with E-state index in [2.05, 4.69) is 34.4 Å². The molecule has 2 heterocycles. The molecule has 0 aliphatic heterocycles. The highest BCUT2D eigenvalue weighted by molar-refractivity contribution is 5.94.